The van der Waals surface area contributed by atoms with Crippen LogP contribution in [0, 0.1) is 6.92 Å². The van der Waals surface area contributed by atoms with Crippen LogP contribution in [0.2, 0.25) is 0 Å². The highest BCUT2D eigenvalue weighted by Gasteiger charge is 2.24. The van der Waals surface area contributed by atoms with E-state index in [1.807, 2.05) is 19.3 Å². The highest BCUT2D eigenvalue weighted by Crippen LogP contribution is 2.19. The van der Waals surface area contributed by atoms with Gasteiger partial charge < -0.3 is 5.32 Å². The second kappa shape index (κ2) is 4.94. The van der Waals surface area contributed by atoms with Gasteiger partial charge in [0.2, 0.25) is 5.78 Å². The molecule has 0 aromatic carbocycles. The van der Waals surface area contributed by atoms with E-state index in [0.717, 1.165) is 25.0 Å². The van der Waals surface area contributed by atoms with Gasteiger partial charge in [0, 0.05) is 30.6 Å². The molecule has 1 amide bonds. The van der Waals surface area contributed by atoms with Crippen molar-refractivity contribution in [1.29, 1.82) is 0 Å². The van der Waals surface area contributed by atoms with Crippen LogP contribution < -0.4 is 5.32 Å². The normalized spacial score (nSPS) is 17.4. The van der Waals surface area contributed by atoms with Crippen molar-refractivity contribution in [1.82, 2.24) is 29.9 Å². The van der Waals surface area contributed by atoms with Crippen molar-refractivity contribution >= 4 is 11.7 Å². The number of H-pyrrole nitrogens is 1. The summed E-state index contributed by atoms with van der Waals surface area (Å²) < 4.78 is 1.73. The molecule has 3 aromatic rings. The molecule has 0 spiro atoms. The Morgan fingerprint density at radius 2 is 2.41 bits per heavy atom. The minimum absolute atomic E-state index is 0.106. The second-order valence-electron chi connectivity index (χ2n) is 5.62. The Bertz CT molecular complexity index is 849. The lowest BCUT2D eigenvalue weighted by molar-refractivity contribution is 0.0927. The number of aryl methyl sites for hydroxylation is 2. The Morgan fingerprint density at radius 3 is 3.32 bits per heavy atom. The van der Waals surface area contributed by atoms with Crippen LogP contribution in [0.25, 0.3) is 5.78 Å². The number of aromatic nitrogens is 5. The molecule has 0 radical (unpaired) electrons. The van der Waals surface area contributed by atoms with Gasteiger partial charge in [0.05, 0.1) is 11.9 Å². The summed E-state index contributed by atoms with van der Waals surface area (Å²) >= 11 is 0. The Labute approximate surface area is 126 Å². The molecular weight excluding hydrogens is 280 g/mol. The van der Waals surface area contributed by atoms with E-state index in [4.69, 9.17) is 0 Å². The van der Waals surface area contributed by atoms with E-state index in [2.05, 4.69) is 25.5 Å². The zero-order valence-corrected chi connectivity index (χ0v) is 12.2. The van der Waals surface area contributed by atoms with Crippen molar-refractivity contribution in [3.8, 4) is 0 Å². The zero-order valence-electron chi connectivity index (χ0n) is 12.2. The molecule has 0 aliphatic heterocycles. The molecule has 1 atom stereocenters. The Kier molecular flexibility index (Phi) is 2.92. The summed E-state index contributed by atoms with van der Waals surface area (Å²) in [5, 5.41) is 10.2. The van der Waals surface area contributed by atoms with Gasteiger partial charge in [0.1, 0.15) is 5.69 Å². The summed E-state index contributed by atoms with van der Waals surface area (Å²) in [5.74, 6) is 0.440. The predicted molar refractivity (Wildman–Crippen MR) is 79.6 cm³/mol. The number of hydrogen-bond donors (Lipinski definition) is 2. The van der Waals surface area contributed by atoms with Gasteiger partial charge in [-0.1, -0.05) is 0 Å². The molecule has 112 valence electrons. The molecule has 22 heavy (non-hydrogen) atoms. The SMILES string of the molecule is Cc1nc2ncccn2c1C(=O)N[C@@H]1CCc2cn[nH]c2C1. The van der Waals surface area contributed by atoms with Crippen LogP contribution in [-0.2, 0) is 12.8 Å². The van der Waals surface area contributed by atoms with Crippen molar-refractivity contribution in [3.05, 3.63) is 47.3 Å². The summed E-state index contributed by atoms with van der Waals surface area (Å²) in [4.78, 5) is 21.1. The first kappa shape index (κ1) is 13.0. The number of rotatable bonds is 2. The number of nitrogens with zero attached hydrogens (tertiary/aromatic N) is 4. The van der Waals surface area contributed by atoms with Crippen molar-refractivity contribution in [3.63, 3.8) is 0 Å². The van der Waals surface area contributed by atoms with E-state index in [-0.39, 0.29) is 11.9 Å². The number of hydrogen-bond acceptors (Lipinski definition) is 4. The van der Waals surface area contributed by atoms with Crippen LogP contribution in [0.15, 0.2) is 24.7 Å². The molecule has 3 aromatic heterocycles. The average Bonchev–Trinajstić information content (AvgIpc) is 3.09. The molecule has 0 unspecified atom stereocenters. The number of nitrogens with one attached hydrogen (secondary N) is 2. The van der Waals surface area contributed by atoms with E-state index in [0.29, 0.717) is 17.2 Å². The number of carbonyl (C=O) groups is 1. The Hall–Kier alpha value is -2.70. The van der Waals surface area contributed by atoms with Gasteiger partial charge in [-0.3, -0.25) is 14.3 Å². The van der Waals surface area contributed by atoms with Crippen molar-refractivity contribution in [2.24, 2.45) is 0 Å². The summed E-state index contributed by atoms with van der Waals surface area (Å²) in [5.41, 5.74) is 3.61. The number of carbonyl (C=O) groups excluding carboxylic acids is 1. The molecule has 7 nitrogen and oxygen atoms in total. The fourth-order valence-electron chi connectivity index (χ4n) is 3.06. The molecule has 7 heteroatoms. The topological polar surface area (TPSA) is 88.0 Å². The van der Waals surface area contributed by atoms with Gasteiger partial charge in [-0.2, -0.15) is 5.10 Å². The summed E-state index contributed by atoms with van der Waals surface area (Å²) in [6.45, 7) is 1.83. The van der Waals surface area contributed by atoms with Crippen LogP contribution in [0.4, 0.5) is 0 Å². The molecule has 0 fully saturated rings. The van der Waals surface area contributed by atoms with E-state index in [1.165, 1.54) is 5.56 Å². The molecule has 4 rings (SSSR count). The molecule has 1 aliphatic carbocycles. The number of amides is 1. The predicted octanol–water partition coefficient (Wildman–Crippen LogP) is 1.05. The van der Waals surface area contributed by atoms with Crippen LogP contribution in [0.3, 0.4) is 0 Å². The van der Waals surface area contributed by atoms with E-state index in [1.54, 1.807) is 16.7 Å². The smallest absolute Gasteiger partial charge is 0.270 e. The van der Waals surface area contributed by atoms with E-state index >= 15 is 0 Å². The highest BCUT2D eigenvalue weighted by atomic mass is 16.2. The monoisotopic (exact) mass is 296 g/mol. The first-order valence-corrected chi connectivity index (χ1v) is 7.34. The molecule has 3 heterocycles. The first-order chi connectivity index (χ1) is 10.7. The third-order valence-electron chi connectivity index (χ3n) is 4.15. The Balaban J connectivity index is 1.58. The molecule has 1 aliphatic rings. The average molecular weight is 296 g/mol. The molecular formula is C15H16N6O. The lowest BCUT2D eigenvalue weighted by atomic mass is 9.93. The minimum Gasteiger partial charge on any atom is -0.348 e. The molecule has 2 N–H and O–H groups in total. The third kappa shape index (κ3) is 2.05. The van der Waals surface area contributed by atoms with Crippen molar-refractivity contribution in [2.45, 2.75) is 32.2 Å². The summed E-state index contributed by atoms with van der Waals surface area (Å²) in [6.07, 6.45) is 8.00. The maximum atomic E-state index is 12.6. The maximum Gasteiger partial charge on any atom is 0.270 e. The van der Waals surface area contributed by atoms with Crippen LogP contribution >= 0.6 is 0 Å². The van der Waals surface area contributed by atoms with Crippen molar-refractivity contribution < 1.29 is 4.79 Å². The maximum absolute atomic E-state index is 12.6. The Morgan fingerprint density at radius 1 is 1.50 bits per heavy atom. The standard InChI is InChI=1S/C15H16N6O/c1-9-13(21-6-2-5-16-15(21)18-9)14(22)19-11-4-3-10-8-17-20-12(10)7-11/h2,5-6,8,11H,3-4,7H2,1H3,(H,17,20)(H,19,22)/t11-/m1/s1. The third-order valence-corrected chi connectivity index (χ3v) is 4.15. The van der Waals surface area contributed by atoms with Gasteiger partial charge in [0.15, 0.2) is 0 Å². The van der Waals surface area contributed by atoms with E-state index in [9.17, 15) is 4.79 Å². The zero-order chi connectivity index (χ0) is 15.1. The number of aromatic amines is 1. The van der Waals surface area contributed by atoms with Gasteiger partial charge in [-0.15, -0.1) is 0 Å². The van der Waals surface area contributed by atoms with Gasteiger partial charge >= 0.3 is 0 Å². The summed E-state index contributed by atoms with van der Waals surface area (Å²) in [7, 11) is 0. The summed E-state index contributed by atoms with van der Waals surface area (Å²) in [6, 6.07) is 1.91. The number of imidazole rings is 1. The second-order valence-corrected chi connectivity index (χ2v) is 5.62. The molecule has 0 saturated carbocycles. The van der Waals surface area contributed by atoms with Gasteiger partial charge in [-0.25, -0.2) is 9.97 Å². The highest BCUT2D eigenvalue weighted by molar-refractivity contribution is 5.94. The van der Waals surface area contributed by atoms with Gasteiger partial charge in [0.25, 0.3) is 5.91 Å². The van der Waals surface area contributed by atoms with Gasteiger partial charge in [-0.05, 0) is 31.4 Å². The molecule has 0 saturated heterocycles. The van der Waals surface area contributed by atoms with E-state index < -0.39 is 0 Å². The largest absolute Gasteiger partial charge is 0.348 e. The minimum atomic E-state index is -0.106. The number of fused-ring (bicyclic) bond motifs is 2. The quantitative estimate of drug-likeness (QED) is 0.740. The van der Waals surface area contributed by atoms with Crippen LogP contribution in [-0.4, -0.2) is 36.5 Å². The van der Waals surface area contributed by atoms with Crippen molar-refractivity contribution in [2.75, 3.05) is 0 Å². The fourth-order valence-corrected chi connectivity index (χ4v) is 3.06. The fraction of sp³-hybridized carbons (Fsp3) is 0.333. The lowest BCUT2D eigenvalue weighted by Crippen LogP contribution is -2.39. The lowest BCUT2D eigenvalue weighted by Gasteiger charge is -2.22. The van der Waals surface area contributed by atoms with Crippen LogP contribution in [0.1, 0.15) is 33.9 Å². The van der Waals surface area contributed by atoms with Crippen LogP contribution in [0.5, 0.6) is 0 Å². The molecule has 0 bridgehead atoms. The first-order valence-electron chi connectivity index (χ1n) is 7.34.